The lowest BCUT2D eigenvalue weighted by Crippen LogP contribution is -2.64. The van der Waals surface area contributed by atoms with Crippen molar-refractivity contribution >= 4 is 17.8 Å². The van der Waals surface area contributed by atoms with Crippen LogP contribution in [0.3, 0.4) is 0 Å². The summed E-state index contributed by atoms with van der Waals surface area (Å²) in [6.45, 7) is 6.35. The van der Waals surface area contributed by atoms with E-state index in [1.165, 1.54) is 6.92 Å². The molecular formula is C14H23NO6. The number of carbonyl (C=O) groups is 3. The van der Waals surface area contributed by atoms with E-state index in [4.69, 9.17) is 9.47 Å². The van der Waals surface area contributed by atoms with E-state index in [0.717, 1.165) is 4.90 Å². The van der Waals surface area contributed by atoms with Crippen molar-refractivity contribution in [2.45, 2.75) is 52.3 Å². The van der Waals surface area contributed by atoms with Crippen molar-refractivity contribution in [3.63, 3.8) is 0 Å². The highest BCUT2D eigenvalue weighted by atomic mass is 16.6. The van der Waals surface area contributed by atoms with E-state index in [9.17, 15) is 19.5 Å². The van der Waals surface area contributed by atoms with Crippen LogP contribution in [-0.2, 0) is 23.9 Å². The van der Waals surface area contributed by atoms with Crippen LogP contribution in [0.15, 0.2) is 0 Å². The molecule has 1 rings (SSSR count). The Kier molecular flexibility index (Phi) is 5.71. The van der Waals surface area contributed by atoms with E-state index >= 15 is 0 Å². The molecule has 1 aliphatic rings. The van der Waals surface area contributed by atoms with Crippen molar-refractivity contribution in [1.29, 1.82) is 0 Å². The third-order valence-electron chi connectivity index (χ3n) is 3.77. The second kappa shape index (κ2) is 6.89. The topological polar surface area (TPSA) is 93.1 Å². The number of hydrogen-bond acceptors (Lipinski definition) is 6. The number of rotatable bonds is 5. The SMILES string of the molecule is CCOC(=O)C1(C(=O)OCC)C(CC)CC(O)N1C(C)=O. The molecule has 1 aliphatic heterocycles. The fourth-order valence-electron chi connectivity index (χ4n) is 2.98. The number of aliphatic hydroxyl groups excluding tert-OH is 1. The first-order chi connectivity index (χ1) is 9.87. The van der Waals surface area contributed by atoms with Gasteiger partial charge in [-0.3, -0.25) is 9.69 Å². The monoisotopic (exact) mass is 301 g/mol. The van der Waals surface area contributed by atoms with Gasteiger partial charge in [-0.05, 0) is 26.7 Å². The summed E-state index contributed by atoms with van der Waals surface area (Å²) >= 11 is 0. The molecule has 1 saturated heterocycles. The number of esters is 2. The van der Waals surface area contributed by atoms with E-state index in [-0.39, 0.29) is 19.6 Å². The quantitative estimate of drug-likeness (QED) is 0.585. The number of aliphatic hydroxyl groups is 1. The van der Waals surface area contributed by atoms with Gasteiger partial charge < -0.3 is 14.6 Å². The number of amides is 1. The molecule has 2 atom stereocenters. The molecular weight excluding hydrogens is 278 g/mol. The number of carbonyl (C=O) groups excluding carboxylic acids is 3. The van der Waals surface area contributed by atoms with Gasteiger partial charge in [0.15, 0.2) is 0 Å². The Bertz CT molecular complexity index is 404. The van der Waals surface area contributed by atoms with Crippen LogP contribution in [0.1, 0.15) is 40.5 Å². The van der Waals surface area contributed by atoms with Gasteiger partial charge in [0.25, 0.3) is 0 Å². The van der Waals surface area contributed by atoms with Crippen molar-refractivity contribution in [2.24, 2.45) is 5.92 Å². The molecule has 7 heteroatoms. The maximum absolute atomic E-state index is 12.5. The summed E-state index contributed by atoms with van der Waals surface area (Å²) in [5.41, 5.74) is -1.90. The Morgan fingerprint density at radius 2 is 1.62 bits per heavy atom. The molecule has 0 aromatic rings. The highest BCUT2D eigenvalue weighted by molar-refractivity contribution is 6.08. The van der Waals surface area contributed by atoms with Gasteiger partial charge in [-0.25, -0.2) is 9.59 Å². The summed E-state index contributed by atoms with van der Waals surface area (Å²) in [4.78, 5) is 37.8. The highest BCUT2D eigenvalue weighted by Crippen LogP contribution is 2.42. The number of ether oxygens (including phenoxy) is 2. The van der Waals surface area contributed by atoms with Gasteiger partial charge >= 0.3 is 11.9 Å². The molecule has 0 spiro atoms. The maximum Gasteiger partial charge on any atom is 0.344 e. The van der Waals surface area contributed by atoms with Crippen LogP contribution < -0.4 is 0 Å². The molecule has 0 saturated carbocycles. The minimum absolute atomic E-state index is 0.0677. The Hall–Kier alpha value is -1.63. The number of hydrogen-bond donors (Lipinski definition) is 1. The molecule has 0 bridgehead atoms. The molecule has 0 aliphatic carbocycles. The summed E-state index contributed by atoms with van der Waals surface area (Å²) in [6.07, 6.45) is -0.645. The highest BCUT2D eigenvalue weighted by Gasteiger charge is 2.65. The lowest BCUT2D eigenvalue weighted by molar-refractivity contribution is -0.184. The first-order valence-electron chi connectivity index (χ1n) is 7.20. The molecule has 1 fully saturated rings. The standard InChI is InChI=1S/C14H23NO6/c1-5-10-8-11(17)15(9(4)16)14(10,12(18)20-6-2)13(19)21-7-3/h10-11,17H,5-8H2,1-4H3. The zero-order valence-electron chi connectivity index (χ0n) is 12.9. The summed E-state index contributed by atoms with van der Waals surface area (Å²) in [6, 6.07) is 0. The third kappa shape index (κ3) is 2.74. The molecule has 0 radical (unpaired) electrons. The van der Waals surface area contributed by atoms with Crippen LogP contribution in [0.5, 0.6) is 0 Å². The Morgan fingerprint density at radius 1 is 1.14 bits per heavy atom. The minimum atomic E-state index is -1.90. The third-order valence-corrected chi connectivity index (χ3v) is 3.77. The maximum atomic E-state index is 12.5. The second-order valence-corrected chi connectivity index (χ2v) is 4.92. The van der Waals surface area contributed by atoms with E-state index < -0.39 is 35.5 Å². The van der Waals surface area contributed by atoms with Crippen molar-refractivity contribution in [3.8, 4) is 0 Å². The molecule has 1 heterocycles. The molecule has 7 nitrogen and oxygen atoms in total. The molecule has 21 heavy (non-hydrogen) atoms. The van der Waals surface area contributed by atoms with Gasteiger partial charge in [-0.2, -0.15) is 0 Å². The normalized spacial score (nSPS) is 23.8. The van der Waals surface area contributed by atoms with Crippen molar-refractivity contribution < 1.29 is 29.0 Å². The first-order valence-corrected chi connectivity index (χ1v) is 7.20. The Balaban J connectivity index is 3.43. The number of likely N-dealkylation sites (tertiary alicyclic amines) is 1. The van der Waals surface area contributed by atoms with Crippen molar-refractivity contribution in [3.05, 3.63) is 0 Å². The molecule has 1 amide bonds. The largest absolute Gasteiger partial charge is 0.464 e. The summed E-state index contributed by atoms with van der Waals surface area (Å²) < 4.78 is 10.0. The molecule has 2 unspecified atom stereocenters. The predicted molar refractivity (Wildman–Crippen MR) is 72.9 cm³/mol. The predicted octanol–water partition coefficient (Wildman–Crippen LogP) is 0.448. The van der Waals surface area contributed by atoms with Gasteiger partial charge in [0.1, 0.15) is 6.23 Å². The zero-order chi connectivity index (χ0) is 16.2. The van der Waals surface area contributed by atoms with Crippen LogP contribution in [0.25, 0.3) is 0 Å². The minimum Gasteiger partial charge on any atom is -0.464 e. The fourth-order valence-corrected chi connectivity index (χ4v) is 2.98. The van der Waals surface area contributed by atoms with Gasteiger partial charge in [0.2, 0.25) is 11.4 Å². The van der Waals surface area contributed by atoms with E-state index in [1.807, 2.05) is 0 Å². The van der Waals surface area contributed by atoms with Gasteiger partial charge in [-0.15, -0.1) is 0 Å². The molecule has 0 aromatic carbocycles. The van der Waals surface area contributed by atoms with Crippen LogP contribution in [-0.4, -0.2) is 52.8 Å². The lowest BCUT2D eigenvalue weighted by Gasteiger charge is -2.37. The summed E-state index contributed by atoms with van der Waals surface area (Å²) in [5, 5.41) is 10.1. The van der Waals surface area contributed by atoms with Crippen LogP contribution in [0.4, 0.5) is 0 Å². The zero-order valence-corrected chi connectivity index (χ0v) is 12.9. The van der Waals surface area contributed by atoms with Gasteiger partial charge in [0.05, 0.1) is 13.2 Å². The lowest BCUT2D eigenvalue weighted by atomic mass is 9.82. The molecule has 1 N–H and O–H groups in total. The second-order valence-electron chi connectivity index (χ2n) is 4.92. The average molecular weight is 301 g/mol. The summed E-state index contributed by atoms with van der Waals surface area (Å²) in [5.74, 6) is -2.81. The molecule has 0 aromatic heterocycles. The van der Waals surface area contributed by atoms with E-state index in [0.29, 0.717) is 6.42 Å². The van der Waals surface area contributed by atoms with E-state index in [1.54, 1.807) is 20.8 Å². The fraction of sp³-hybridized carbons (Fsp3) is 0.786. The van der Waals surface area contributed by atoms with Crippen molar-refractivity contribution in [1.82, 2.24) is 4.90 Å². The van der Waals surface area contributed by atoms with E-state index in [2.05, 4.69) is 0 Å². The van der Waals surface area contributed by atoms with Crippen LogP contribution in [0, 0.1) is 5.92 Å². The Morgan fingerprint density at radius 3 is 1.95 bits per heavy atom. The molecule has 120 valence electrons. The van der Waals surface area contributed by atoms with Crippen LogP contribution >= 0.6 is 0 Å². The van der Waals surface area contributed by atoms with Gasteiger partial charge in [-0.1, -0.05) is 6.92 Å². The Labute approximate surface area is 124 Å². The van der Waals surface area contributed by atoms with Gasteiger partial charge in [0, 0.05) is 12.8 Å². The average Bonchev–Trinajstić information content (AvgIpc) is 2.72. The first kappa shape index (κ1) is 17.4. The van der Waals surface area contributed by atoms with Crippen LogP contribution in [0.2, 0.25) is 0 Å². The summed E-state index contributed by atoms with van der Waals surface area (Å²) in [7, 11) is 0. The smallest absolute Gasteiger partial charge is 0.344 e. The number of nitrogens with zero attached hydrogens (tertiary/aromatic N) is 1. The van der Waals surface area contributed by atoms with Crippen molar-refractivity contribution in [2.75, 3.05) is 13.2 Å².